The van der Waals surface area contributed by atoms with Crippen molar-refractivity contribution in [2.24, 2.45) is 11.1 Å². The molecule has 0 saturated carbocycles. The number of rotatable bonds is 4. The molecule has 18 heavy (non-hydrogen) atoms. The largest absolute Gasteiger partial charge is 0.383 e. The maximum Gasteiger partial charge on any atom is 0.225 e. The van der Waals surface area contributed by atoms with Crippen LogP contribution in [-0.2, 0) is 9.53 Å². The van der Waals surface area contributed by atoms with Crippen LogP contribution in [-0.4, -0.2) is 30.6 Å². The van der Waals surface area contributed by atoms with E-state index >= 15 is 0 Å². The van der Waals surface area contributed by atoms with Gasteiger partial charge in [0.2, 0.25) is 5.91 Å². The van der Waals surface area contributed by atoms with E-state index in [1.165, 1.54) is 0 Å². The summed E-state index contributed by atoms with van der Waals surface area (Å²) in [6, 6.07) is 1.77. The summed E-state index contributed by atoms with van der Waals surface area (Å²) >= 11 is 6.00. The Bertz CT molecular complexity index is 433. The Kier molecular flexibility index (Phi) is 4.04. The fourth-order valence-corrected chi connectivity index (χ4v) is 2.24. The third-order valence-corrected chi connectivity index (χ3v) is 3.66. The van der Waals surface area contributed by atoms with Crippen molar-refractivity contribution in [3.05, 3.63) is 23.5 Å². The summed E-state index contributed by atoms with van der Waals surface area (Å²) in [6.07, 6.45) is 4.48. The molecule has 2 rings (SSSR count). The maximum atomic E-state index is 11.7. The minimum atomic E-state index is -0.551. The van der Waals surface area contributed by atoms with Crippen LogP contribution < -0.4 is 11.1 Å². The third-order valence-electron chi connectivity index (χ3n) is 3.36. The molecule has 1 aromatic rings. The Morgan fingerprint density at radius 3 is 2.89 bits per heavy atom. The van der Waals surface area contributed by atoms with Gasteiger partial charge >= 0.3 is 0 Å². The number of amides is 1. The Labute approximate surface area is 111 Å². The molecule has 0 radical (unpaired) electrons. The van der Waals surface area contributed by atoms with Crippen molar-refractivity contribution >= 4 is 23.2 Å². The van der Waals surface area contributed by atoms with Crippen LogP contribution in [0.4, 0.5) is 5.69 Å². The van der Waals surface area contributed by atoms with Crippen LogP contribution in [0.1, 0.15) is 12.8 Å². The molecule has 0 unspecified atom stereocenters. The number of nitrogens with zero attached hydrogens (tertiary/aromatic N) is 1. The molecule has 1 aromatic heterocycles. The van der Waals surface area contributed by atoms with E-state index in [4.69, 9.17) is 22.1 Å². The van der Waals surface area contributed by atoms with Crippen molar-refractivity contribution in [1.82, 2.24) is 4.98 Å². The second kappa shape index (κ2) is 5.54. The molecule has 0 spiro atoms. The fourth-order valence-electron chi connectivity index (χ4n) is 2.06. The van der Waals surface area contributed by atoms with Crippen molar-refractivity contribution in [2.45, 2.75) is 12.8 Å². The van der Waals surface area contributed by atoms with Gasteiger partial charge in [0.15, 0.2) is 0 Å². The fraction of sp³-hybridized carbons (Fsp3) is 0.500. The SMILES string of the molecule is NC(=O)C1(CNc2ccncc2Cl)CCOCC1. The second-order valence-electron chi connectivity index (χ2n) is 4.47. The number of pyridine rings is 1. The lowest BCUT2D eigenvalue weighted by Gasteiger charge is -2.34. The van der Waals surface area contributed by atoms with Crippen LogP contribution >= 0.6 is 11.6 Å². The van der Waals surface area contributed by atoms with E-state index in [9.17, 15) is 4.79 Å². The zero-order valence-electron chi connectivity index (χ0n) is 9.99. The normalized spacial score (nSPS) is 18.3. The van der Waals surface area contributed by atoms with Gasteiger partial charge in [-0.2, -0.15) is 0 Å². The number of aromatic nitrogens is 1. The highest BCUT2D eigenvalue weighted by atomic mass is 35.5. The summed E-state index contributed by atoms with van der Waals surface area (Å²) in [5.74, 6) is -0.288. The number of anilines is 1. The summed E-state index contributed by atoms with van der Waals surface area (Å²) in [4.78, 5) is 15.6. The Morgan fingerprint density at radius 1 is 1.56 bits per heavy atom. The Hall–Kier alpha value is -1.33. The van der Waals surface area contributed by atoms with Crippen molar-refractivity contribution in [3.8, 4) is 0 Å². The number of ether oxygens (including phenoxy) is 1. The standard InChI is InChI=1S/C12H16ClN3O2/c13-9-7-15-4-1-10(9)16-8-12(11(14)17)2-5-18-6-3-12/h1,4,7H,2-3,5-6,8H2,(H2,14,17)(H,15,16). The number of hydrogen-bond acceptors (Lipinski definition) is 4. The average molecular weight is 270 g/mol. The molecule has 1 aliphatic heterocycles. The average Bonchev–Trinajstić information content (AvgIpc) is 2.39. The van der Waals surface area contributed by atoms with Gasteiger partial charge in [-0.1, -0.05) is 11.6 Å². The van der Waals surface area contributed by atoms with E-state index in [1.54, 1.807) is 18.5 Å². The van der Waals surface area contributed by atoms with Crippen LogP contribution in [0.5, 0.6) is 0 Å². The molecule has 1 fully saturated rings. The van der Waals surface area contributed by atoms with E-state index < -0.39 is 5.41 Å². The minimum Gasteiger partial charge on any atom is -0.383 e. The highest BCUT2D eigenvalue weighted by Crippen LogP contribution is 2.31. The molecule has 2 heterocycles. The molecule has 5 nitrogen and oxygen atoms in total. The summed E-state index contributed by atoms with van der Waals surface area (Å²) in [6.45, 7) is 1.60. The molecular weight excluding hydrogens is 254 g/mol. The summed E-state index contributed by atoms with van der Waals surface area (Å²) < 4.78 is 5.28. The molecule has 3 N–H and O–H groups in total. The molecule has 0 atom stereocenters. The summed E-state index contributed by atoms with van der Waals surface area (Å²) in [5.41, 5.74) is 5.74. The first-order valence-corrected chi connectivity index (χ1v) is 6.23. The first kappa shape index (κ1) is 13.1. The molecule has 1 saturated heterocycles. The van der Waals surface area contributed by atoms with Gasteiger partial charge in [-0.15, -0.1) is 0 Å². The highest BCUT2D eigenvalue weighted by molar-refractivity contribution is 6.33. The van der Waals surface area contributed by atoms with Gasteiger partial charge in [-0.3, -0.25) is 9.78 Å². The smallest absolute Gasteiger partial charge is 0.225 e. The quantitative estimate of drug-likeness (QED) is 0.867. The number of nitrogens with two attached hydrogens (primary N) is 1. The van der Waals surface area contributed by atoms with Crippen LogP contribution in [0.15, 0.2) is 18.5 Å². The van der Waals surface area contributed by atoms with Gasteiger partial charge in [0.1, 0.15) is 0 Å². The van der Waals surface area contributed by atoms with Gasteiger partial charge in [0, 0.05) is 32.2 Å². The Balaban J connectivity index is 2.06. The molecule has 6 heteroatoms. The van der Waals surface area contributed by atoms with Gasteiger partial charge in [0.05, 0.1) is 16.1 Å². The van der Waals surface area contributed by atoms with Crippen molar-refractivity contribution in [2.75, 3.05) is 25.1 Å². The van der Waals surface area contributed by atoms with Crippen LogP contribution in [0, 0.1) is 5.41 Å². The van der Waals surface area contributed by atoms with Crippen molar-refractivity contribution < 1.29 is 9.53 Å². The van der Waals surface area contributed by atoms with Crippen LogP contribution in [0.3, 0.4) is 0 Å². The third kappa shape index (κ3) is 2.73. The number of carbonyl (C=O) groups excluding carboxylic acids is 1. The molecule has 0 bridgehead atoms. The minimum absolute atomic E-state index is 0.288. The van der Waals surface area contributed by atoms with Gasteiger partial charge in [0.25, 0.3) is 0 Å². The predicted octanol–water partition coefficient (Wildman–Crippen LogP) is 1.43. The monoisotopic (exact) mass is 269 g/mol. The topological polar surface area (TPSA) is 77.2 Å². The van der Waals surface area contributed by atoms with E-state index in [-0.39, 0.29) is 5.91 Å². The predicted molar refractivity (Wildman–Crippen MR) is 69.4 cm³/mol. The van der Waals surface area contributed by atoms with Crippen LogP contribution in [0.2, 0.25) is 5.02 Å². The number of primary amides is 1. The first-order chi connectivity index (χ1) is 8.64. The number of nitrogens with one attached hydrogen (secondary N) is 1. The van der Waals surface area contributed by atoms with Crippen molar-refractivity contribution in [1.29, 1.82) is 0 Å². The van der Waals surface area contributed by atoms with Gasteiger partial charge in [-0.05, 0) is 18.9 Å². The maximum absolute atomic E-state index is 11.7. The zero-order chi connectivity index (χ0) is 13.0. The summed E-state index contributed by atoms with van der Waals surface area (Å²) in [7, 11) is 0. The van der Waals surface area contributed by atoms with Crippen molar-refractivity contribution in [3.63, 3.8) is 0 Å². The summed E-state index contributed by atoms with van der Waals surface area (Å²) in [5, 5.41) is 3.71. The van der Waals surface area contributed by atoms with Gasteiger partial charge in [-0.25, -0.2) is 0 Å². The molecule has 0 aliphatic carbocycles. The van der Waals surface area contributed by atoms with E-state index in [0.29, 0.717) is 37.6 Å². The number of carbonyl (C=O) groups is 1. The molecular formula is C12H16ClN3O2. The molecule has 1 amide bonds. The zero-order valence-corrected chi connectivity index (χ0v) is 10.7. The number of hydrogen-bond donors (Lipinski definition) is 2. The van der Waals surface area contributed by atoms with Gasteiger partial charge < -0.3 is 15.8 Å². The second-order valence-corrected chi connectivity index (χ2v) is 4.87. The molecule has 1 aliphatic rings. The van der Waals surface area contributed by atoms with E-state index in [2.05, 4.69) is 10.3 Å². The van der Waals surface area contributed by atoms with Crippen LogP contribution in [0.25, 0.3) is 0 Å². The van der Waals surface area contributed by atoms with E-state index in [0.717, 1.165) is 5.69 Å². The first-order valence-electron chi connectivity index (χ1n) is 5.85. The molecule has 98 valence electrons. The lowest BCUT2D eigenvalue weighted by atomic mass is 9.79. The lowest BCUT2D eigenvalue weighted by Crippen LogP contribution is -2.46. The lowest BCUT2D eigenvalue weighted by molar-refractivity contribution is -0.132. The highest BCUT2D eigenvalue weighted by Gasteiger charge is 2.38. The number of halogens is 1. The molecule has 0 aromatic carbocycles. The Morgan fingerprint density at radius 2 is 2.28 bits per heavy atom. The van der Waals surface area contributed by atoms with E-state index in [1.807, 2.05) is 0 Å².